The van der Waals surface area contributed by atoms with E-state index in [0.717, 1.165) is 40.2 Å². The Kier molecular flexibility index (Phi) is 9.20. The van der Waals surface area contributed by atoms with Gasteiger partial charge in [0.25, 0.3) is 0 Å². The Bertz CT molecular complexity index is 1230. The zero-order valence-electron chi connectivity index (χ0n) is 20.9. The molecule has 9 nitrogen and oxygen atoms in total. The molecule has 0 aliphatic heterocycles. The van der Waals surface area contributed by atoms with Crippen molar-refractivity contribution in [3.63, 3.8) is 0 Å². The Balaban J connectivity index is 1.17. The number of carbonyl (C=O) groups is 1. The van der Waals surface area contributed by atoms with E-state index >= 15 is 0 Å². The van der Waals surface area contributed by atoms with E-state index in [0.29, 0.717) is 32.1 Å². The van der Waals surface area contributed by atoms with Crippen molar-refractivity contribution in [1.29, 1.82) is 0 Å². The summed E-state index contributed by atoms with van der Waals surface area (Å²) in [5.74, 6) is 1.80. The summed E-state index contributed by atoms with van der Waals surface area (Å²) >= 11 is 0. The highest BCUT2D eigenvalue weighted by atomic mass is 16.6. The molecule has 1 aromatic heterocycles. The molecule has 0 aliphatic rings. The Morgan fingerprint density at radius 2 is 1.41 bits per heavy atom. The quantitative estimate of drug-likeness (QED) is 0.210. The fraction of sp³-hybridized carbons (Fsp3) is 0.286. The van der Waals surface area contributed by atoms with Gasteiger partial charge in [-0.1, -0.05) is 48.5 Å². The van der Waals surface area contributed by atoms with Crippen LogP contribution in [0.25, 0.3) is 22.5 Å². The zero-order chi connectivity index (χ0) is 25.9. The molecule has 9 heteroatoms. The van der Waals surface area contributed by atoms with Crippen molar-refractivity contribution in [2.75, 3.05) is 26.9 Å². The minimum Gasteiger partial charge on any atom is -0.493 e. The molecule has 1 heterocycles. The van der Waals surface area contributed by atoms with Crippen molar-refractivity contribution in [2.24, 2.45) is 0 Å². The lowest BCUT2D eigenvalue weighted by molar-refractivity contribution is -0.154. The highest BCUT2D eigenvalue weighted by molar-refractivity contribution is 5.75. The van der Waals surface area contributed by atoms with Gasteiger partial charge in [0.15, 0.2) is 6.10 Å². The molecule has 1 N–H and O–H groups in total. The first-order valence-electron chi connectivity index (χ1n) is 12.1. The maximum Gasteiger partial charge on any atom is 0.335 e. The van der Waals surface area contributed by atoms with Gasteiger partial charge in [-0.3, -0.25) is 0 Å². The van der Waals surface area contributed by atoms with Crippen LogP contribution >= 0.6 is 0 Å². The van der Waals surface area contributed by atoms with E-state index < -0.39 is 6.10 Å². The summed E-state index contributed by atoms with van der Waals surface area (Å²) in [6.45, 7) is 3.19. The van der Waals surface area contributed by atoms with Gasteiger partial charge in [0, 0.05) is 25.5 Å². The number of nitrogens with zero attached hydrogens (tertiary/aromatic N) is 3. The van der Waals surface area contributed by atoms with Crippen LogP contribution in [0.3, 0.4) is 0 Å². The van der Waals surface area contributed by atoms with E-state index in [2.05, 4.69) is 20.6 Å². The van der Waals surface area contributed by atoms with Gasteiger partial charge in [0.1, 0.15) is 11.5 Å². The number of benzene rings is 3. The summed E-state index contributed by atoms with van der Waals surface area (Å²) in [6, 6.07) is 23.6. The van der Waals surface area contributed by atoms with Crippen LogP contribution in [0.2, 0.25) is 0 Å². The molecule has 0 bridgehead atoms. The van der Waals surface area contributed by atoms with E-state index in [-0.39, 0.29) is 5.97 Å². The summed E-state index contributed by atoms with van der Waals surface area (Å²) in [7, 11) is 1.51. The van der Waals surface area contributed by atoms with E-state index in [1.807, 2.05) is 72.8 Å². The van der Waals surface area contributed by atoms with Gasteiger partial charge in [-0.05, 0) is 53.1 Å². The normalized spacial score (nSPS) is 11.6. The van der Waals surface area contributed by atoms with Crippen LogP contribution in [0.5, 0.6) is 11.5 Å². The van der Waals surface area contributed by atoms with E-state index in [1.54, 1.807) is 6.92 Å². The number of esters is 1. The van der Waals surface area contributed by atoms with E-state index in [9.17, 15) is 4.79 Å². The number of aromatic amines is 1. The second kappa shape index (κ2) is 13.2. The molecule has 0 amide bonds. The predicted molar refractivity (Wildman–Crippen MR) is 138 cm³/mol. The van der Waals surface area contributed by atoms with Crippen LogP contribution in [-0.4, -0.2) is 59.6 Å². The maximum atomic E-state index is 11.9. The standard InChI is InChI=1S/C28H30N4O5/c1-3-35-28(33)26(34-2)19-20-5-13-24(14-6-20)36-17-4-18-37-25-15-11-22(12-16-25)21-7-9-23(10-8-21)27-29-31-32-30-27/h5-16,26H,3-4,17-19H2,1-2H3,(H,29,30,31,32)/t26-/m0/s1. The molecule has 0 spiro atoms. The fourth-order valence-electron chi connectivity index (χ4n) is 3.71. The lowest BCUT2D eigenvalue weighted by atomic mass is 10.0. The number of nitrogens with one attached hydrogen (secondary N) is 1. The molecule has 3 aromatic carbocycles. The van der Waals surface area contributed by atoms with Crippen LogP contribution in [0, 0.1) is 0 Å². The van der Waals surface area contributed by atoms with Crippen molar-refractivity contribution < 1.29 is 23.7 Å². The molecule has 0 aliphatic carbocycles. The number of hydrogen-bond acceptors (Lipinski definition) is 8. The van der Waals surface area contributed by atoms with Crippen LogP contribution in [0.4, 0.5) is 0 Å². The molecule has 0 saturated carbocycles. The lowest BCUT2D eigenvalue weighted by Gasteiger charge is -2.14. The first-order chi connectivity index (χ1) is 18.2. The molecule has 0 saturated heterocycles. The van der Waals surface area contributed by atoms with Crippen molar-refractivity contribution in [3.8, 4) is 34.0 Å². The molecule has 1 atom stereocenters. The van der Waals surface area contributed by atoms with E-state index in [4.69, 9.17) is 18.9 Å². The summed E-state index contributed by atoms with van der Waals surface area (Å²) in [5.41, 5.74) is 4.07. The number of ether oxygens (including phenoxy) is 4. The minimum atomic E-state index is -0.610. The van der Waals surface area contributed by atoms with Gasteiger partial charge in [-0.25, -0.2) is 4.79 Å². The van der Waals surface area contributed by atoms with Crippen LogP contribution in [0.1, 0.15) is 18.9 Å². The van der Waals surface area contributed by atoms with Crippen molar-refractivity contribution in [2.45, 2.75) is 25.9 Å². The topological polar surface area (TPSA) is 108 Å². The smallest absolute Gasteiger partial charge is 0.335 e. The monoisotopic (exact) mass is 502 g/mol. The molecular formula is C28H30N4O5. The highest BCUT2D eigenvalue weighted by Crippen LogP contribution is 2.25. The molecular weight excluding hydrogens is 472 g/mol. The summed E-state index contributed by atoms with van der Waals surface area (Å²) in [4.78, 5) is 11.9. The van der Waals surface area contributed by atoms with Crippen LogP contribution < -0.4 is 9.47 Å². The Labute approximate surface area is 215 Å². The molecule has 0 fully saturated rings. The van der Waals surface area contributed by atoms with Gasteiger partial charge in [0.05, 0.1) is 19.8 Å². The first-order valence-corrected chi connectivity index (χ1v) is 12.1. The number of carbonyl (C=O) groups excluding carboxylic acids is 1. The Morgan fingerprint density at radius 1 is 0.838 bits per heavy atom. The second-order valence-corrected chi connectivity index (χ2v) is 8.21. The highest BCUT2D eigenvalue weighted by Gasteiger charge is 2.19. The zero-order valence-corrected chi connectivity index (χ0v) is 20.9. The molecule has 0 radical (unpaired) electrons. The Morgan fingerprint density at radius 3 is 1.95 bits per heavy atom. The number of H-pyrrole nitrogens is 1. The number of hydrogen-bond donors (Lipinski definition) is 1. The summed E-state index contributed by atoms with van der Waals surface area (Å²) in [6.07, 6.45) is 0.588. The second-order valence-electron chi connectivity index (χ2n) is 8.21. The molecule has 4 aromatic rings. The molecule has 4 rings (SSSR count). The number of aromatic nitrogens is 4. The number of rotatable bonds is 13. The predicted octanol–water partition coefficient (Wildman–Crippen LogP) is 4.50. The van der Waals surface area contributed by atoms with Crippen molar-refractivity contribution >= 4 is 5.97 Å². The third kappa shape index (κ3) is 7.37. The van der Waals surface area contributed by atoms with E-state index in [1.165, 1.54) is 7.11 Å². The van der Waals surface area contributed by atoms with Crippen LogP contribution in [0.15, 0.2) is 72.8 Å². The van der Waals surface area contributed by atoms with Gasteiger partial charge in [0.2, 0.25) is 5.82 Å². The van der Waals surface area contributed by atoms with Gasteiger partial charge in [-0.2, -0.15) is 5.21 Å². The molecule has 37 heavy (non-hydrogen) atoms. The average Bonchev–Trinajstić information content (AvgIpc) is 3.48. The molecule has 0 unspecified atom stereocenters. The van der Waals surface area contributed by atoms with Gasteiger partial charge in [-0.15, -0.1) is 10.2 Å². The molecule has 192 valence electrons. The average molecular weight is 503 g/mol. The minimum absolute atomic E-state index is 0.333. The SMILES string of the molecule is CCOC(=O)[C@H](Cc1ccc(OCCCOc2ccc(-c3ccc(-c4nn[nH]n4)cc3)cc2)cc1)OC. The third-order valence-electron chi connectivity index (χ3n) is 5.68. The van der Waals surface area contributed by atoms with Crippen LogP contribution in [-0.2, 0) is 20.7 Å². The summed E-state index contributed by atoms with van der Waals surface area (Å²) in [5, 5.41) is 14.0. The Hall–Kier alpha value is -4.24. The number of methoxy groups -OCH3 is 1. The van der Waals surface area contributed by atoms with Crippen molar-refractivity contribution in [3.05, 3.63) is 78.4 Å². The van der Waals surface area contributed by atoms with Crippen molar-refractivity contribution in [1.82, 2.24) is 20.6 Å². The number of tetrazole rings is 1. The first kappa shape index (κ1) is 25.8. The third-order valence-corrected chi connectivity index (χ3v) is 5.68. The lowest BCUT2D eigenvalue weighted by Crippen LogP contribution is -2.27. The van der Waals surface area contributed by atoms with Gasteiger partial charge >= 0.3 is 5.97 Å². The fourth-order valence-corrected chi connectivity index (χ4v) is 3.71. The van der Waals surface area contributed by atoms with Gasteiger partial charge < -0.3 is 18.9 Å². The maximum absolute atomic E-state index is 11.9. The largest absolute Gasteiger partial charge is 0.493 e. The summed E-state index contributed by atoms with van der Waals surface area (Å²) < 4.78 is 21.9.